The Morgan fingerprint density at radius 2 is 1.78 bits per heavy atom. The van der Waals surface area contributed by atoms with Gasteiger partial charge in [0.05, 0.1) is 12.2 Å². The highest BCUT2D eigenvalue weighted by atomic mass is 32.2. The lowest BCUT2D eigenvalue weighted by atomic mass is 9.79. The van der Waals surface area contributed by atoms with Gasteiger partial charge in [-0.25, -0.2) is 8.42 Å². The van der Waals surface area contributed by atoms with E-state index in [-0.39, 0.29) is 36.6 Å². The molecule has 6 nitrogen and oxygen atoms in total. The molecule has 1 amide bonds. The van der Waals surface area contributed by atoms with Gasteiger partial charge in [-0.2, -0.15) is 0 Å². The van der Waals surface area contributed by atoms with Gasteiger partial charge in [0.2, 0.25) is 5.91 Å². The van der Waals surface area contributed by atoms with Crippen molar-refractivity contribution < 1.29 is 23.1 Å². The van der Waals surface area contributed by atoms with Crippen LogP contribution < -0.4 is 0 Å². The predicted octanol–water partition coefficient (Wildman–Crippen LogP) is 1.84. The van der Waals surface area contributed by atoms with Crippen LogP contribution in [0.4, 0.5) is 0 Å². The number of amides is 1. The zero-order valence-corrected chi connectivity index (χ0v) is 14.8. The third kappa shape index (κ3) is 5.19. The van der Waals surface area contributed by atoms with Gasteiger partial charge in [0, 0.05) is 24.8 Å². The van der Waals surface area contributed by atoms with Crippen LogP contribution in [0.25, 0.3) is 0 Å². The van der Waals surface area contributed by atoms with Crippen LogP contribution in [0.15, 0.2) is 0 Å². The smallest absolute Gasteiger partial charge is 0.303 e. The molecule has 132 valence electrons. The molecule has 0 aromatic carbocycles. The maximum absolute atomic E-state index is 12.8. The van der Waals surface area contributed by atoms with Crippen molar-refractivity contribution in [2.45, 2.75) is 70.4 Å². The molecule has 0 unspecified atom stereocenters. The largest absolute Gasteiger partial charge is 0.481 e. The summed E-state index contributed by atoms with van der Waals surface area (Å²) >= 11 is 0. The fourth-order valence-electron chi connectivity index (χ4n) is 3.95. The van der Waals surface area contributed by atoms with E-state index in [1.165, 1.54) is 6.26 Å². The number of carboxylic acid groups (broad SMARTS) is 1. The molecule has 1 atom stereocenters. The van der Waals surface area contributed by atoms with E-state index >= 15 is 0 Å². The fourth-order valence-corrected chi connectivity index (χ4v) is 4.99. The number of carboxylic acids is 1. The molecule has 2 aliphatic rings. The lowest BCUT2D eigenvalue weighted by Gasteiger charge is -2.34. The first-order valence-corrected chi connectivity index (χ1v) is 10.4. The molecule has 0 aromatic rings. The molecule has 2 rings (SSSR count). The molecule has 7 heteroatoms. The Bertz CT molecular complexity index is 561. The first kappa shape index (κ1) is 18.2. The number of hydrogen-bond acceptors (Lipinski definition) is 4. The highest BCUT2D eigenvalue weighted by Crippen LogP contribution is 2.45. The molecule has 0 saturated heterocycles. The van der Waals surface area contributed by atoms with Crippen molar-refractivity contribution in [2.75, 3.05) is 12.0 Å². The number of carbonyl (C=O) groups is 2. The zero-order valence-electron chi connectivity index (χ0n) is 14.0. The van der Waals surface area contributed by atoms with E-state index in [4.69, 9.17) is 5.11 Å². The maximum atomic E-state index is 12.8. The molecule has 2 aliphatic carbocycles. The van der Waals surface area contributed by atoms with E-state index in [9.17, 15) is 18.0 Å². The van der Waals surface area contributed by atoms with E-state index < -0.39 is 21.2 Å². The van der Waals surface area contributed by atoms with E-state index in [1.54, 1.807) is 11.8 Å². The molecule has 0 aromatic heterocycles. The minimum Gasteiger partial charge on any atom is -0.481 e. The summed E-state index contributed by atoms with van der Waals surface area (Å²) in [6.07, 6.45) is 6.71. The topological polar surface area (TPSA) is 91.8 Å². The van der Waals surface area contributed by atoms with Gasteiger partial charge in [-0.05, 0) is 38.0 Å². The van der Waals surface area contributed by atoms with Gasteiger partial charge in [0.1, 0.15) is 9.84 Å². The number of sulfone groups is 1. The van der Waals surface area contributed by atoms with Gasteiger partial charge < -0.3 is 10.0 Å². The normalized spacial score (nSPS) is 21.8. The van der Waals surface area contributed by atoms with Crippen molar-refractivity contribution in [3.05, 3.63) is 0 Å². The molecule has 1 N–H and O–H groups in total. The summed E-state index contributed by atoms with van der Waals surface area (Å²) in [4.78, 5) is 25.7. The predicted molar refractivity (Wildman–Crippen MR) is 86.8 cm³/mol. The third-order valence-electron chi connectivity index (χ3n) is 4.96. The minimum atomic E-state index is -3.16. The van der Waals surface area contributed by atoms with Crippen LogP contribution in [0.5, 0.6) is 0 Å². The number of rotatable bonds is 8. The molecular weight excluding hydrogens is 318 g/mol. The quantitative estimate of drug-likeness (QED) is 0.725. The van der Waals surface area contributed by atoms with Crippen LogP contribution in [0.3, 0.4) is 0 Å². The summed E-state index contributed by atoms with van der Waals surface area (Å²) in [6, 6.07) is -0.226. The molecule has 0 radical (unpaired) electrons. The van der Waals surface area contributed by atoms with Gasteiger partial charge in [0.15, 0.2) is 0 Å². The van der Waals surface area contributed by atoms with Gasteiger partial charge in [-0.15, -0.1) is 0 Å². The van der Waals surface area contributed by atoms with Gasteiger partial charge in [0.25, 0.3) is 0 Å². The molecule has 0 heterocycles. The van der Waals surface area contributed by atoms with E-state index in [0.717, 1.165) is 38.5 Å². The molecule has 0 bridgehead atoms. The van der Waals surface area contributed by atoms with Crippen molar-refractivity contribution in [1.29, 1.82) is 0 Å². The standard InChI is InChI=1S/C16H27NO5S/c1-12(11-23(2,21)22)17(13-5-6-13)14(18)9-16(10-15(19)20)7-3-4-8-16/h12-13H,3-11H2,1-2H3,(H,19,20)/t12-/m1/s1. The average Bonchev–Trinajstić information content (AvgIpc) is 3.07. The van der Waals surface area contributed by atoms with Crippen molar-refractivity contribution >= 4 is 21.7 Å². The van der Waals surface area contributed by atoms with Crippen LogP contribution >= 0.6 is 0 Å². The summed E-state index contributed by atoms with van der Waals surface area (Å²) in [5.74, 6) is -0.977. The molecule has 2 saturated carbocycles. The summed E-state index contributed by atoms with van der Waals surface area (Å²) in [5.41, 5.74) is -0.444. The first-order chi connectivity index (χ1) is 10.6. The fraction of sp³-hybridized carbons (Fsp3) is 0.875. The number of aliphatic carboxylic acids is 1. The Labute approximate surface area is 138 Å². The lowest BCUT2D eigenvalue weighted by Crippen LogP contribution is -2.45. The summed E-state index contributed by atoms with van der Waals surface area (Å²) in [6.45, 7) is 1.77. The second-order valence-corrected chi connectivity index (χ2v) is 9.61. The SMILES string of the molecule is C[C@H](CS(C)(=O)=O)N(C(=O)CC1(CC(=O)O)CCCC1)C1CC1. The molecule has 0 spiro atoms. The number of hydrogen-bond donors (Lipinski definition) is 1. The van der Waals surface area contributed by atoms with Crippen LogP contribution in [-0.4, -0.2) is 54.4 Å². The van der Waals surface area contributed by atoms with E-state index in [0.29, 0.717) is 0 Å². The second kappa shape index (κ2) is 6.79. The van der Waals surface area contributed by atoms with Crippen LogP contribution in [0, 0.1) is 5.41 Å². The van der Waals surface area contributed by atoms with Gasteiger partial charge in [-0.1, -0.05) is 12.8 Å². The number of carbonyl (C=O) groups excluding carboxylic acids is 1. The Morgan fingerprint density at radius 3 is 2.22 bits per heavy atom. The average molecular weight is 345 g/mol. The second-order valence-electron chi connectivity index (χ2n) is 7.43. The summed E-state index contributed by atoms with van der Waals surface area (Å²) < 4.78 is 23.1. The van der Waals surface area contributed by atoms with Gasteiger partial charge in [-0.3, -0.25) is 9.59 Å². The van der Waals surface area contributed by atoms with Crippen LogP contribution in [0.2, 0.25) is 0 Å². The molecular formula is C16H27NO5S. The molecule has 2 fully saturated rings. The van der Waals surface area contributed by atoms with Crippen molar-refractivity contribution in [2.24, 2.45) is 5.41 Å². The summed E-state index contributed by atoms with van der Waals surface area (Å²) in [5, 5.41) is 9.17. The minimum absolute atomic E-state index is 0.0255. The summed E-state index contributed by atoms with van der Waals surface area (Å²) in [7, 11) is -3.16. The lowest BCUT2D eigenvalue weighted by molar-refractivity contribution is -0.142. The molecule has 0 aliphatic heterocycles. The molecule has 23 heavy (non-hydrogen) atoms. The monoisotopic (exact) mass is 345 g/mol. The Morgan fingerprint density at radius 1 is 1.22 bits per heavy atom. The van der Waals surface area contributed by atoms with Crippen LogP contribution in [0.1, 0.15) is 58.3 Å². The maximum Gasteiger partial charge on any atom is 0.303 e. The Hall–Kier alpha value is -1.11. The third-order valence-corrected chi connectivity index (χ3v) is 6.05. The Kier molecular flexibility index (Phi) is 5.38. The van der Waals surface area contributed by atoms with Crippen molar-refractivity contribution in [3.8, 4) is 0 Å². The van der Waals surface area contributed by atoms with E-state index in [1.807, 2.05) is 0 Å². The number of nitrogens with zero attached hydrogens (tertiary/aromatic N) is 1. The highest BCUT2D eigenvalue weighted by Gasteiger charge is 2.43. The Balaban J connectivity index is 2.09. The zero-order chi connectivity index (χ0) is 17.3. The van der Waals surface area contributed by atoms with Crippen molar-refractivity contribution in [1.82, 2.24) is 4.90 Å². The first-order valence-electron chi connectivity index (χ1n) is 8.33. The highest BCUT2D eigenvalue weighted by molar-refractivity contribution is 7.90. The van der Waals surface area contributed by atoms with Gasteiger partial charge >= 0.3 is 5.97 Å². The van der Waals surface area contributed by atoms with Crippen molar-refractivity contribution in [3.63, 3.8) is 0 Å². The van der Waals surface area contributed by atoms with Crippen LogP contribution in [-0.2, 0) is 19.4 Å². The van der Waals surface area contributed by atoms with E-state index in [2.05, 4.69) is 0 Å².